The molecule has 4 N–H and O–H groups in total. The Morgan fingerprint density at radius 3 is 2.93 bits per heavy atom. The highest BCUT2D eigenvalue weighted by Crippen LogP contribution is 2.00. The molecule has 5 heteroatoms. The van der Waals surface area contributed by atoms with E-state index in [1.807, 2.05) is 0 Å². The van der Waals surface area contributed by atoms with Gasteiger partial charge in [0.1, 0.15) is 5.69 Å². The molecule has 14 heavy (non-hydrogen) atoms. The average molecular weight is 195 g/mol. The van der Waals surface area contributed by atoms with E-state index in [2.05, 4.69) is 10.3 Å². The van der Waals surface area contributed by atoms with Gasteiger partial charge < -0.3 is 16.2 Å². The van der Waals surface area contributed by atoms with Crippen LogP contribution in [0, 0.1) is 0 Å². The Kier molecular flexibility index (Phi) is 3.41. The zero-order chi connectivity index (χ0) is 10.6. The predicted octanol–water partition coefficient (Wildman–Crippen LogP) is -0.226. The topological polar surface area (TPSA) is 88.2 Å². The van der Waals surface area contributed by atoms with Crippen molar-refractivity contribution in [2.75, 3.05) is 12.3 Å². The molecule has 0 aliphatic carbocycles. The third-order valence-corrected chi connectivity index (χ3v) is 1.67. The van der Waals surface area contributed by atoms with E-state index in [0.717, 1.165) is 0 Å². The van der Waals surface area contributed by atoms with Crippen LogP contribution in [0.1, 0.15) is 17.4 Å². The summed E-state index contributed by atoms with van der Waals surface area (Å²) in [6.45, 7) is 1.61. The average Bonchev–Trinajstić information content (AvgIpc) is 2.18. The van der Waals surface area contributed by atoms with Crippen molar-refractivity contribution in [3.63, 3.8) is 0 Å². The number of aliphatic hydroxyl groups is 1. The first kappa shape index (κ1) is 10.5. The Bertz CT molecular complexity index is 310. The van der Waals surface area contributed by atoms with Crippen LogP contribution in [0.5, 0.6) is 0 Å². The van der Waals surface area contributed by atoms with Crippen LogP contribution in [-0.2, 0) is 0 Å². The second-order valence-corrected chi connectivity index (χ2v) is 3.03. The summed E-state index contributed by atoms with van der Waals surface area (Å²) in [5.74, 6) is -0.313. The summed E-state index contributed by atoms with van der Waals surface area (Å²) in [7, 11) is 0. The Hall–Kier alpha value is -1.62. The second-order valence-electron chi connectivity index (χ2n) is 3.03. The van der Waals surface area contributed by atoms with Crippen LogP contribution >= 0.6 is 0 Å². The summed E-state index contributed by atoms with van der Waals surface area (Å²) in [4.78, 5) is 15.2. The number of nitrogen functional groups attached to an aromatic ring is 1. The molecule has 0 fully saturated rings. The molecule has 0 unspecified atom stereocenters. The van der Waals surface area contributed by atoms with E-state index in [0.29, 0.717) is 11.4 Å². The number of rotatable bonds is 3. The van der Waals surface area contributed by atoms with E-state index in [4.69, 9.17) is 10.8 Å². The number of aromatic nitrogens is 1. The maximum absolute atomic E-state index is 11.4. The molecular weight excluding hydrogens is 182 g/mol. The van der Waals surface area contributed by atoms with Crippen molar-refractivity contribution in [3.8, 4) is 0 Å². The van der Waals surface area contributed by atoms with Gasteiger partial charge in [-0.2, -0.15) is 0 Å². The zero-order valence-corrected chi connectivity index (χ0v) is 7.90. The number of carbonyl (C=O) groups is 1. The van der Waals surface area contributed by atoms with Gasteiger partial charge in [-0.05, 0) is 19.1 Å². The second kappa shape index (κ2) is 4.57. The molecule has 1 heterocycles. The summed E-state index contributed by atoms with van der Waals surface area (Å²) >= 11 is 0. The van der Waals surface area contributed by atoms with Gasteiger partial charge in [0.15, 0.2) is 0 Å². The maximum atomic E-state index is 11.4. The van der Waals surface area contributed by atoms with Crippen molar-refractivity contribution < 1.29 is 9.90 Å². The molecule has 5 nitrogen and oxygen atoms in total. The van der Waals surface area contributed by atoms with Gasteiger partial charge in [-0.25, -0.2) is 4.98 Å². The molecular formula is C9H13N3O2. The number of amides is 1. The smallest absolute Gasteiger partial charge is 0.270 e. The van der Waals surface area contributed by atoms with E-state index >= 15 is 0 Å². The SMILES string of the molecule is C[C@H](CO)NC(=O)c1ccc(N)cn1. The van der Waals surface area contributed by atoms with E-state index in [-0.39, 0.29) is 18.6 Å². The van der Waals surface area contributed by atoms with Crippen LogP contribution < -0.4 is 11.1 Å². The fourth-order valence-corrected chi connectivity index (χ4v) is 0.883. The molecule has 0 aromatic carbocycles. The Morgan fingerprint density at radius 1 is 1.71 bits per heavy atom. The highest BCUT2D eigenvalue weighted by Gasteiger charge is 2.09. The fraction of sp³-hybridized carbons (Fsp3) is 0.333. The molecule has 0 spiro atoms. The summed E-state index contributed by atoms with van der Waals surface area (Å²) in [6.07, 6.45) is 1.42. The van der Waals surface area contributed by atoms with Gasteiger partial charge in [0.2, 0.25) is 0 Å². The zero-order valence-electron chi connectivity index (χ0n) is 7.90. The van der Waals surface area contributed by atoms with Crippen molar-refractivity contribution in [2.24, 2.45) is 0 Å². The molecule has 0 bridgehead atoms. The standard InChI is InChI=1S/C9H13N3O2/c1-6(5-13)12-9(14)8-3-2-7(10)4-11-8/h2-4,6,13H,5,10H2,1H3,(H,12,14)/t6-/m1/s1. The number of nitrogens with one attached hydrogen (secondary N) is 1. The lowest BCUT2D eigenvalue weighted by Gasteiger charge is -2.09. The first-order valence-corrected chi connectivity index (χ1v) is 4.26. The van der Waals surface area contributed by atoms with Crippen LogP contribution in [0.2, 0.25) is 0 Å². The van der Waals surface area contributed by atoms with Gasteiger partial charge >= 0.3 is 0 Å². The molecule has 1 aromatic heterocycles. The number of carbonyl (C=O) groups excluding carboxylic acids is 1. The largest absolute Gasteiger partial charge is 0.397 e. The minimum atomic E-state index is -0.313. The molecule has 0 aliphatic rings. The molecule has 0 saturated heterocycles. The van der Waals surface area contributed by atoms with Gasteiger partial charge in [-0.1, -0.05) is 0 Å². The normalized spacial score (nSPS) is 12.1. The van der Waals surface area contributed by atoms with E-state index in [9.17, 15) is 4.79 Å². The van der Waals surface area contributed by atoms with Crippen LogP contribution in [0.15, 0.2) is 18.3 Å². The number of nitrogens with two attached hydrogens (primary N) is 1. The molecule has 1 atom stereocenters. The number of hydrogen-bond acceptors (Lipinski definition) is 4. The van der Waals surface area contributed by atoms with Crippen molar-refractivity contribution in [1.82, 2.24) is 10.3 Å². The number of aliphatic hydroxyl groups excluding tert-OH is 1. The Labute approximate surface area is 82.0 Å². The quantitative estimate of drug-likeness (QED) is 0.622. The third kappa shape index (κ3) is 2.70. The highest BCUT2D eigenvalue weighted by atomic mass is 16.3. The third-order valence-electron chi connectivity index (χ3n) is 1.67. The summed E-state index contributed by atoms with van der Waals surface area (Å²) < 4.78 is 0. The van der Waals surface area contributed by atoms with Gasteiger partial charge in [-0.15, -0.1) is 0 Å². The first-order valence-electron chi connectivity index (χ1n) is 4.26. The van der Waals surface area contributed by atoms with E-state index in [1.165, 1.54) is 12.3 Å². The van der Waals surface area contributed by atoms with Crippen molar-refractivity contribution in [1.29, 1.82) is 0 Å². The van der Waals surface area contributed by atoms with Gasteiger partial charge in [-0.3, -0.25) is 4.79 Å². The maximum Gasteiger partial charge on any atom is 0.270 e. The van der Waals surface area contributed by atoms with Gasteiger partial charge in [0, 0.05) is 6.04 Å². The summed E-state index contributed by atoms with van der Waals surface area (Å²) in [6, 6.07) is 2.86. The molecule has 1 aromatic rings. The monoisotopic (exact) mass is 195 g/mol. The lowest BCUT2D eigenvalue weighted by Crippen LogP contribution is -2.35. The fourth-order valence-electron chi connectivity index (χ4n) is 0.883. The Balaban J connectivity index is 2.65. The molecule has 76 valence electrons. The first-order chi connectivity index (χ1) is 6.63. The van der Waals surface area contributed by atoms with E-state index in [1.54, 1.807) is 13.0 Å². The Morgan fingerprint density at radius 2 is 2.43 bits per heavy atom. The molecule has 1 amide bonds. The lowest BCUT2D eigenvalue weighted by atomic mass is 10.3. The van der Waals surface area contributed by atoms with Crippen molar-refractivity contribution in [2.45, 2.75) is 13.0 Å². The molecule has 1 rings (SSSR count). The lowest BCUT2D eigenvalue weighted by molar-refractivity contribution is 0.0917. The number of nitrogens with zero attached hydrogens (tertiary/aromatic N) is 1. The molecule has 0 radical (unpaired) electrons. The molecule has 0 aliphatic heterocycles. The van der Waals surface area contributed by atoms with Crippen LogP contribution in [0.3, 0.4) is 0 Å². The van der Waals surface area contributed by atoms with Gasteiger partial charge in [0.25, 0.3) is 5.91 Å². The van der Waals surface area contributed by atoms with Crippen molar-refractivity contribution >= 4 is 11.6 Å². The van der Waals surface area contributed by atoms with Crippen LogP contribution in [-0.4, -0.2) is 28.6 Å². The van der Waals surface area contributed by atoms with Gasteiger partial charge in [0.05, 0.1) is 18.5 Å². The number of hydrogen-bond donors (Lipinski definition) is 3. The predicted molar refractivity (Wildman–Crippen MR) is 52.7 cm³/mol. The van der Waals surface area contributed by atoms with E-state index < -0.39 is 0 Å². The van der Waals surface area contributed by atoms with Crippen LogP contribution in [0.25, 0.3) is 0 Å². The highest BCUT2D eigenvalue weighted by molar-refractivity contribution is 5.92. The molecule has 0 saturated carbocycles. The van der Waals surface area contributed by atoms with Crippen LogP contribution in [0.4, 0.5) is 5.69 Å². The minimum Gasteiger partial charge on any atom is -0.397 e. The number of pyridine rings is 1. The summed E-state index contributed by atoms with van der Waals surface area (Å²) in [5, 5.41) is 11.3. The van der Waals surface area contributed by atoms with Crippen molar-refractivity contribution in [3.05, 3.63) is 24.0 Å². The number of anilines is 1. The minimum absolute atomic E-state index is 0.0965. The summed E-state index contributed by atoms with van der Waals surface area (Å²) in [5.41, 5.74) is 6.22.